The number of aliphatic hydroxyl groups is 1. The van der Waals surface area contributed by atoms with Gasteiger partial charge in [0.2, 0.25) is 0 Å². The Bertz CT molecular complexity index is 504. The molecule has 0 bridgehead atoms. The third-order valence-electron chi connectivity index (χ3n) is 5.44. The van der Waals surface area contributed by atoms with E-state index in [0.717, 1.165) is 37.8 Å². The fourth-order valence-corrected chi connectivity index (χ4v) is 4.42. The van der Waals surface area contributed by atoms with Crippen molar-refractivity contribution in [3.8, 4) is 0 Å². The summed E-state index contributed by atoms with van der Waals surface area (Å²) in [7, 11) is 0. The Morgan fingerprint density at radius 3 is 2.77 bits per heavy atom. The van der Waals surface area contributed by atoms with Gasteiger partial charge in [0.15, 0.2) is 0 Å². The molecule has 4 nitrogen and oxygen atoms in total. The summed E-state index contributed by atoms with van der Waals surface area (Å²) in [6, 6.07) is 0.0895. The van der Waals surface area contributed by atoms with Crippen LogP contribution in [0, 0.1) is 5.92 Å². The maximum Gasteiger partial charge on any atom is 0.326 e. The number of ether oxygens (including phenoxy) is 1. The highest BCUT2D eigenvalue weighted by Gasteiger charge is 2.59. The smallest absolute Gasteiger partial charge is 0.326 e. The summed E-state index contributed by atoms with van der Waals surface area (Å²) in [5, 5.41) is 9.34. The van der Waals surface area contributed by atoms with Crippen LogP contribution in [-0.2, 0) is 9.53 Å². The van der Waals surface area contributed by atoms with Gasteiger partial charge in [-0.1, -0.05) is 49.8 Å². The van der Waals surface area contributed by atoms with E-state index in [1.165, 1.54) is 0 Å². The van der Waals surface area contributed by atoms with Crippen LogP contribution in [0.3, 0.4) is 0 Å². The van der Waals surface area contributed by atoms with Crippen LogP contribution in [-0.4, -0.2) is 46.8 Å². The Morgan fingerprint density at radius 2 is 2.14 bits per heavy atom. The van der Waals surface area contributed by atoms with Crippen LogP contribution in [0.4, 0.5) is 0 Å². The van der Waals surface area contributed by atoms with Gasteiger partial charge < -0.3 is 9.84 Å². The Morgan fingerprint density at radius 1 is 1.41 bits per heavy atom. The van der Waals surface area contributed by atoms with E-state index < -0.39 is 5.54 Å². The molecule has 1 N–H and O–H groups in total. The number of esters is 1. The number of carbonyl (C=O) groups is 1. The maximum absolute atomic E-state index is 12.7. The largest absolute Gasteiger partial charge is 0.459 e. The van der Waals surface area contributed by atoms with Crippen molar-refractivity contribution >= 4 is 5.97 Å². The van der Waals surface area contributed by atoms with Gasteiger partial charge in [0.1, 0.15) is 11.6 Å². The average Bonchev–Trinajstić information content (AvgIpc) is 3.09. The summed E-state index contributed by atoms with van der Waals surface area (Å²) >= 11 is 0. The number of allylic oxidation sites excluding steroid dienone is 2. The lowest BCUT2D eigenvalue weighted by Gasteiger charge is -2.48. The van der Waals surface area contributed by atoms with Gasteiger partial charge in [0.25, 0.3) is 0 Å². The van der Waals surface area contributed by atoms with E-state index >= 15 is 0 Å². The predicted molar refractivity (Wildman–Crippen MR) is 85.2 cm³/mol. The van der Waals surface area contributed by atoms with Crippen LogP contribution in [0.2, 0.25) is 0 Å². The van der Waals surface area contributed by atoms with E-state index in [2.05, 4.69) is 24.1 Å². The molecule has 0 amide bonds. The standard InChI is InChI=1S/C18H25NO3/c1-3-4-7-14-13(2)12-19-16(14)15(8-11-20)22-17(21)18(19)9-5-6-10-18/h3-4,7,14-16,20H,1-2,5-6,8-12H2/b7-4+/t14-,15+,16-/m1/s1. The zero-order valence-electron chi connectivity index (χ0n) is 13.0. The predicted octanol–water partition coefficient (Wildman–Crippen LogP) is 2.21. The number of fused-ring (bicyclic) bond motifs is 2. The van der Waals surface area contributed by atoms with E-state index in [1.54, 1.807) is 6.08 Å². The molecule has 22 heavy (non-hydrogen) atoms. The van der Waals surface area contributed by atoms with Gasteiger partial charge in [-0.25, -0.2) is 0 Å². The van der Waals surface area contributed by atoms with Crippen molar-refractivity contribution in [2.75, 3.05) is 13.2 Å². The average molecular weight is 303 g/mol. The molecular weight excluding hydrogens is 278 g/mol. The first-order chi connectivity index (χ1) is 10.6. The first kappa shape index (κ1) is 15.5. The van der Waals surface area contributed by atoms with Crippen molar-refractivity contribution < 1.29 is 14.6 Å². The molecule has 120 valence electrons. The van der Waals surface area contributed by atoms with E-state index in [4.69, 9.17) is 4.74 Å². The molecule has 3 fully saturated rings. The van der Waals surface area contributed by atoms with Gasteiger partial charge in [-0.05, 0) is 12.8 Å². The fraction of sp³-hybridized carbons (Fsp3) is 0.611. The maximum atomic E-state index is 12.7. The van der Waals surface area contributed by atoms with Crippen molar-refractivity contribution in [2.24, 2.45) is 5.92 Å². The Hall–Kier alpha value is -1.39. The monoisotopic (exact) mass is 303 g/mol. The molecule has 0 aromatic heterocycles. The van der Waals surface area contributed by atoms with Crippen LogP contribution in [0.25, 0.3) is 0 Å². The minimum absolute atomic E-state index is 0.0274. The van der Waals surface area contributed by atoms with Crippen LogP contribution in [0.1, 0.15) is 32.1 Å². The molecule has 1 saturated carbocycles. The minimum Gasteiger partial charge on any atom is -0.459 e. The van der Waals surface area contributed by atoms with Crippen molar-refractivity contribution in [1.29, 1.82) is 0 Å². The molecule has 3 rings (SSSR count). The van der Waals surface area contributed by atoms with Gasteiger partial charge in [-0.2, -0.15) is 0 Å². The topological polar surface area (TPSA) is 49.8 Å². The molecule has 0 unspecified atom stereocenters. The molecule has 0 aromatic carbocycles. The summed E-state index contributed by atoms with van der Waals surface area (Å²) < 4.78 is 5.80. The zero-order chi connectivity index (χ0) is 15.7. The van der Waals surface area contributed by atoms with Crippen molar-refractivity contribution in [3.63, 3.8) is 0 Å². The summed E-state index contributed by atoms with van der Waals surface area (Å²) in [6.45, 7) is 8.74. The molecule has 2 heterocycles. The molecular formula is C18H25NO3. The number of hydrogen-bond donors (Lipinski definition) is 1. The van der Waals surface area contributed by atoms with Crippen molar-refractivity contribution in [2.45, 2.75) is 49.8 Å². The molecule has 0 aromatic rings. The number of nitrogens with zero attached hydrogens (tertiary/aromatic N) is 1. The lowest BCUT2D eigenvalue weighted by molar-refractivity contribution is -0.186. The summed E-state index contributed by atoms with van der Waals surface area (Å²) in [6.07, 6.45) is 9.91. The number of rotatable bonds is 4. The first-order valence-electron chi connectivity index (χ1n) is 8.19. The Labute approximate surface area is 132 Å². The number of carbonyl (C=O) groups excluding carboxylic acids is 1. The summed E-state index contributed by atoms with van der Waals surface area (Å²) in [5.74, 6) is 0.0565. The SMILES string of the molecule is C=C/C=C/[C@@H]1C(=C)CN2[C@H]1[C@H](CCO)OC(=O)C21CCCC1. The molecule has 3 atom stereocenters. The summed E-state index contributed by atoms with van der Waals surface area (Å²) in [4.78, 5) is 15.0. The van der Waals surface area contributed by atoms with Crippen LogP contribution >= 0.6 is 0 Å². The molecule has 0 radical (unpaired) electrons. The minimum atomic E-state index is -0.462. The molecule has 2 aliphatic heterocycles. The highest BCUT2D eigenvalue weighted by atomic mass is 16.6. The summed E-state index contributed by atoms with van der Waals surface area (Å²) in [5.41, 5.74) is 0.659. The third-order valence-corrected chi connectivity index (χ3v) is 5.44. The molecule has 1 spiro atoms. The van der Waals surface area contributed by atoms with E-state index in [-0.39, 0.29) is 30.6 Å². The highest BCUT2D eigenvalue weighted by molar-refractivity contribution is 5.82. The number of aliphatic hydroxyl groups excluding tert-OH is 1. The Kier molecular flexibility index (Phi) is 4.24. The van der Waals surface area contributed by atoms with Crippen LogP contribution < -0.4 is 0 Å². The highest BCUT2D eigenvalue weighted by Crippen LogP contribution is 2.48. The lowest BCUT2D eigenvalue weighted by Crippen LogP contribution is -2.64. The van der Waals surface area contributed by atoms with Gasteiger partial charge in [0, 0.05) is 25.5 Å². The van der Waals surface area contributed by atoms with E-state index in [0.29, 0.717) is 6.42 Å². The number of hydrogen-bond acceptors (Lipinski definition) is 4. The van der Waals surface area contributed by atoms with Gasteiger partial charge >= 0.3 is 5.97 Å². The number of cyclic esters (lactones) is 1. The van der Waals surface area contributed by atoms with E-state index in [1.807, 2.05) is 6.08 Å². The van der Waals surface area contributed by atoms with Crippen LogP contribution in [0.15, 0.2) is 37.0 Å². The second-order valence-corrected chi connectivity index (χ2v) is 6.62. The molecule has 1 aliphatic carbocycles. The van der Waals surface area contributed by atoms with Gasteiger partial charge in [-0.15, -0.1) is 0 Å². The third kappa shape index (κ3) is 2.25. The van der Waals surface area contributed by atoms with Crippen molar-refractivity contribution in [1.82, 2.24) is 4.90 Å². The van der Waals surface area contributed by atoms with Gasteiger partial charge in [0.05, 0.1) is 6.04 Å². The fourth-order valence-electron chi connectivity index (χ4n) is 4.42. The second-order valence-electron chi connectivity index (χ2n) is 6.62. The Balaban J connectivity index is 1.97. The molecule has 3 aliphatic rings. The van der Waals surface area contributed by atoms with Gasteiger partial charge in [-0.3, -0.25) is 9.69 Å². The lowest BCUT2D eigenvalue weighted by atomic mass is 9.85. The van der Waals surface area contributed by atoms with Crippen LogP contribution in [0.5, 0.6) is 0 Å². The zero-order valence-corrected chi connectivity index (χ0v) is 13.0. The first-order valence-corrected chi connectivity index (χ1v) is 8.19. The quantitative estimate of drug-likeness (QED) is 0.491. The molecule has 4 heteroatoms. The second kappa shape index (κ2) is 6.01. The van der Waals surface area contributed by atoms with E-state index in [9.17, 15) is 9.90 Å². The van der Waals surface area contributed by atoms with Crippen molar-refractivity contribution in [3.05, 3.63) is 37.0 Å². The molecule has 2 saturated heterocycles. The number of morpholine rings is 1. The normalized spacial score (nSPS) is 34.3.